The Kier molecular flexibility index (Phi) is 4.89. The van der Waals surface area contributed by atoms with Crippen molar-refractivity contribution in [3.05, 3.63) is 126 Å². The maximum absolute atomic E-state index is 5.48. The third-order valence-corrected chi connectivity index (χ3v) is 10.5. The number of aliphatic imine (C=N–C) groups is 2. The van der Waals surface area contributed by atoms with Crippen LogP contribution in [0.25, 0.3) is 76.0 Å². The van der Waals surface area contributed by atoms with Crippen molar-refractivity contribution in [2.24, 2.45) is 9.98 Å². The van der Waals surface area contributed by atoms with Gasteiger partial charge in [0.15, 0.2) is 0 Å². The van der Waals surface area contributed by atoms with Crippen molar-refractivity contribution in [1.29, 1.82) is 0 Å². The number of imidazole rings is 1. The Morgan fingerprint density at radius 3 is 1.52 bits per heavy atom. The van der Waals surface area contributed by atoms with Gasteiger partial charge in [0, 0.05) is 16.8 Å². The second kappa shape index (κ2) is 8.76. The molecule has 0 radical (unpaired) electrons. The summed E-state index contributed by atoms with van der Waals surface area (Å²) in [4.78, 5) is 16.3. The normalized spacial score (nSPS) is 15.0. The fourth-order valence-electron chi connectivity index (χ4n) is 8.13. The first-order valence-corrected chi connectivity index (χ1v) is 16.0. The summed E-state index contributed by atoms with van der Waals surface area (Å²) in [6.07, 6.45) is 0. The largest absolute Gasteiger partial charge is 0.280 e. The van der Waals surface area contributed by atoms with E-state index in [9.17, 15) is 0 Å². The van der Waals surface area contributed by atoms with Gasteiger partial charge in [0.25, 0.3) is 5.79 Å². The molecule has 8 aromatic carbocycles. The molecule has 10 rings (SSSR count). The van der Waals surface area contributed by atoms with Crippen LogP contribution in [0, 0.1) is 13.8 Å². The Bertz CT molecular complexity index is 2750. The lowest BCUT2D eigenvalue weighted by molar-refractivity contribution is 0.400. The average molecular weight is 591 g/mol. The van der Waals surface area contributed by atoms with Crippen molar-refractivity contribution in [1.82, 2.24) is 9.55 Å². The second-order valence-corrected chi connectivity index (χ2v) is 12.9. The molecule has 0 N–H and O–H groups in total. The van der Waals surface area contributed by atoms with Crippen LogP contribution in [-0.4, -0.2) is 21.0 Å². The Hall–Kier alpha value is -5.61. The van der Waals surface area contributed by atoms with Gasteiger partial charge in [0.1, 0.15) is 5.82 Å². The number of nitrogens with zero attached hydrogens (tertiary/aromatic N) is 4. The van der Waals surface area contributed by atoms with Crippen molar-refractivity contribution < 1.29 is 0 Å². The zero-order valence-electron chi connectivity index (χ0n) is 26.2. The summed E-state index contributed by atoms with van der Waals surface area (Å²) in [5.41, 5.74) is 6.07. The molecule has 4 nitrogen and oxygen atoms in total. The Balaban J connectivity index is 1.33. The van der Waals surface area contributed by atoms with Gasteiger partial charge in [-0.2, -0.15) is 0 Å². The lowest BCUT2D eigenvalue weighted by Crippen LogP contribution is -2.32. The SMILES string of the molecule is CC1=NC(c2ccc3ccc4cccc5ccc2c3c45)(n2c(-c3ccc4ccc5cccc6ccc3c4c56)nc(C)c2C)N=C1C. The first-order chi connectivity index (χ1) is 22.4. The van der Waals surface area contributed by atoms with Crippen LogP contribution in [0.4, 0.5) is 0 Å². The number of aromatic nitrogens is 2. The van der Waals surface area contributed by atoms with Crippen LogP contribution >= 0.6 is 0 Å². The van der Waals surface area contributed by atoms with Crippen LogP contribution in [0.3, 0.4) is 0 Å². The van der Waals surface area contributed by atoms with Gasteiger partial charge in [-0.15, -0.1) is 0 Å². The van der Waals surface area contributed by atoms with Crippen molar-refractivity contribution in [2.75, 3.05) is 0 Å². The van der Waals surface area contributed by atoms with Crippen molar-refractivity contribution in [3.63, 3.8) is 0 Å². The molecule has 0 unspecified atom stereocenters. The first-order valence-electron chi connectivity index (χ1n) is 16.0. The van der Waals surface area contributed by atoms with E-state index in [-0.39, 0.29) is 0 Å². The molecule has 1 aliphatic rings. The van der Waals surface area contributed by atoms with Crippen LogP contribution in [0.1, 0.15) is 30.8 Å². The summed E-state index contributed by atoms with van der Waals surface area (Å²) in [6, 6.07) is 40.0. The summed E-state index contributed by atoms with van der Waals surface area (Å²) in [5.74, 6) is -0.158. The van der Waals surface area contributed by atoms with Crippen LogP contribution in [0.15, 0.2) is 119 Å². The molecule has 46 heavy (non-hydrogen) atoms. The highest BCUT2D eigenvalue weighted by molar-refractivity contribution is 6.42. The van der Waals surface area contributed by atoms with Crippen LogP contribution in [-0.2, 0) is 5.79 Å². The second-order valence-electron chi connectivity index (χ2n) is 12.9. The highest BCUT2D eigenvalue weighted by atomic mass is 15.4. The molecule has 2 heterocycles. The topological polar surface area (TPSA) is 42.5 Å². The molecule has 0 bridgehead atoms. The summed E-state index contributed by atoms with van der Waals surface area (Å²) in [6.45, 7) is 8.41. The Morgan fingerprint density at radius 2 is 0.935 bits per heavy atom. The zero-order valence-corrected chi connectivity index (χ0v) is 26.2. The molecule has 9 aromatic rings. The number of benzene rings is 8. The molecule has 0 saturated carbocycles. The molecule has 0 amide bonds. The lowest BCUT2D eigenvalue weighted by Gasteiger charge is -2.31. The fourth-order valence-corrected chi connectivity index (χ4v) is 8.13. The minimum Gasteiger partial charge on any atom is -0.280 e. The van der Waals surface area contributed by atoms with Gasteiger partial charge >= 0.3 is 0 Å². The predicted octanol–water partition coefficient (Wildman–Crippen LogP) is 10.6. The third kappa shape index (κ3) is 3.16. The predicted molar refractivity (Wildman–Crippen MR) is 194 cm³/mol. The van der Waals surface area contributed by atoms with Gasteiger partial charge < -0.3 is 0 Å². The molecule has 1 aliphatic heterocycles. The van der Waals surface area contributed by atoms with E-state index in [1.807, 2.05) is 0 Å². The molecule has 0 fully saturated rings. The van der Waals surface area contributed by atoms with Crippen molar-refractivity contribution in [3.8, 4) is 11.4 Å². The molecule has 1 aromatic heterocycles. The molecule has 4 heteroatoms. The minimum absolute atomic E-state index is 0.883. The molecule has 0 spiro atoms. The van der Waals surface area contributed by atoms with E-state index >= 15 is 0 Å². The number of hydrogen-bond donors (Lipinski definition) is 0. The monoisotopic (exact) mass is 590 g/mol. The van der Waals surface area contributed by atoms with E-state index in [1.165, 1.54) is 64.6 Å². The van der Waals surface area contributed by atoms with E-state index in [0.29, 0.717) is 0 Å². The van der Waals surface area contributed by atoms with Crippen LogP contribution < -0.4 is 0 Å². The Labute approximate surface area is 266 Å². The summed E-state index contributed by atoms with van der Waals surface area (Å²) in [5, 5.41) is 15.0. The van der Waals surface area contributed by atoms with Gasteiger partial charge in [-0.3, -0.25) is 4.57 Å². The fraction of sp³-hybridized carbons (Fsp3) is 0.119. The summed E-state index contributed by atoms with van der Waals surface area (Å²) < 4.78 is 2.31. The standard InChI is InChI=1S/C42H30N4/c1-23-24(2)45-42(44-23,36-22-18-32-14-12-28-8-6-10-30-17-21-35(36)40(32)38(28)30)46-26(4)25(3)43-41(46)34-20-16-31-13-11-27-7-5-9-29-15-19-33(34)39(31)37(27)29/h5-22H,1-4H3. The van der Waals surface area contributed by atoms with E-state index in [1.54, 1.807) is 0 Å². The number of rotatable bonds is 3. The van der Waals surface area contributed by atoms with E-state index in [0.717, 1.165) is 39.8 Å². The van der Waals surface area contributed by atoms with Gasteiger partial charge in [0.05, 0.1) is 17.1 Å². The third-order valence-electron chi connectivity index (χ3n) is 10.5. The summed E-state index contributed by atoms with van der Waals surface area (Å²) >= 11 is 0. The van der Waals surface area contributed by atoms with Crippen molar-refractivity contribution in [2.45, 2.75) is 33.5 Å². The number of aryl methyl sites for hydroxylation is 1. The molecule has 0 aliphatic carbocycles. The maximum Gasteiger partial charge on any atom is 0.261 e. The highest BCUT2D eigenvalue weighted by Crippen LogP contribution is 2.47. The maximum atomic E-state index is 5.48. The van der Waals surface area contributed by atoms with Gasteiger partial charge in [-0.05, 0) is 92.3 Å². The Morgan fingerprint density at radius 1 is 0.478 bits per heavy atom. The first kappa shape index (κ1) is 25.7. The molecular formula is C42H30N4. The molecule has 0 saturated heterocycles. The number of hydrogen-bond acceptors (Lipinski definition) is 3. The molecule has 218 valence electrons. The molecular weight excluding hydrogens is 560 g/mol. The highest BCUT2D eigenvalue weighted by Gasteiger charge is 2.43. The van der Waals surface area contributed by atoms with Gasteiger partial charge in [-0.25, -0.2) is 15.0 Å². The van der Waals surface area contributed by atoms with Crippen molar-refractivity contribution >= 4 is 76.1 Å². The average Bonchev–Trinajstić information content (AvgIpc) is 3.55. The smallest absolute Gasteiger partial charge is 0.261 e. The lowest BCUT2D eigenvalue weighted by atomic mass is 9.89. The summed E-state index contributed by atoms with van der Waals surface area (Å²) in [7, 11) is 0. The quantitative estimate of drug-likeness (QED) is 0.189. The van der Waals surface area contributed by atoms with Gasteiger partial charge in [0.2, 0.25) is 0 Å². The zero-order chi connectivity index (χ0) is 30.9. The van der Waals surface area contributed by atoms with Gasteiger partial charge in [-0.1, -0.05) is 109 Å². The van der Waals surface area contributed by atoms with E-state index in [4.69, 9.17) is 15.0 Å². The van der Waals surface area contributed by atoms with E-state index in [2.05, 4.69) is 141 Å². The van der Waals surface area contributed by atoms with E-state index < -0.39 is 5.79 Å². The molecule has 0 atom stereocenters. The van der Waals surface area contributed by atoms with Crippen LogP contribution in [0.2, 0.25) is 0 Å². The van der Waals surface area contributed by atoms with Crippen LogP contribution in [0.5, 0.6) is 0 Å². The minimum atomic E-state index is -1.04.